The molecule has 3 aromatic rings. The SMILES string of the molecule is Cc1ncc(C#N)c2ccc(-c3cccc(C#CC4(O)CCN(C)C4=O)c3)nc12. The fourth-order valence-electron chi connectivity index (χ4n) is 3.40. The number of aliphatic hydroxyl groups is 1. The Balaban J connectivity index is 1.72. The third kappa shape index (κ3) is 3.31. The summed E-state index contributed by atoms with van der Waals surface area (Å²) in [7, 11) is 1.66. The predicted octanol–water partition coefficient (Wildman–Crippen LogP) is 2.42. The number of hydrogen-bond acceptors (Lipinski definition) is 5. The Morgan fingerprint density at radius 3 is 2.83 bits per heavy atom. The summed E-state index contributed by atoms with van der Waals surface area (Å²) in [4.78, 5) is 22.5. The van der Waals surface area contributed by atoms with Crippen LogP contribution in [0.4, 0.5) is 0 Å². The first-order chi connectivity index (χ1) is 13.9. The molecule has 1 N–H and O–H groups in total. The number of carbonyl (C=O) groups is 1. The molecule has 3 heterocycles. The van der Waals surface area contributed by atoms with Gasteiger partial charge in [-0.15, -0.1) is 0 Å². The molecule has 4 rings (SSSR count). The number of hydrogen-bond donors (Lipinski definition) is 1. The van der Waals surface area contributed by atoms with Gasteiger partial charge in [0.05, 0.1) is 22.5 Å². The summed E-state index contributed by atoms with van der Waals surface area (Å²) in [6, 6.07) is 13.3. The first-order valence-corrected chi connectivity index (χ1v) is 9.19. The van der Waals surface area contributed by atoms with Gasteiger partial charge in [-0.3, -0.25) is 9.78 Å². The van der Waals surface area contributed by atoms with Gasteiger partial charge in [0.2, 0.25) is 5.60 Å². The number of nitriles is 1. The zero-order chi connectivity index (χ0) is 20.6. The summed E-state index contributed by atoms with van der Waals surface area (Å²) >= 11 is 0. The van der Waals surface area contributed by atoms with Gasteiger partial charge in [-0.25, -0.2) is 4.98 Å². The van der Waals surface area contributed by atoms with Crippen molar-refractivity contribution in [1.29, 1.82) is 5.26 Å². The maximum atomic E-state index is 12.1. The van der Waals surface area contributed by atoms with Crippen molar-refractivity contribution < 1.29 is 9.90 Å². The number of nitrogens with zero attached hydrogens (tertiary/aromatic N) is 4. The Morgan fingerprint density at radius 1 is 1.28 bits per heavy atom. The van der Waals surface area contributed by atoms with Crippen molar-refractivity contribution in [2.75, 3.05) is 13.6 Å². The summed E-state index contributed by atoms with van der Waals surface area (Å²) in [6.45, 7) is 2.35. The van der Waals surface area contributed by atoms with Crippen LogP contribution in [0, 0.1) is 30.1 Å². The molecule has 1 saturated heterocycles. The van der Waals surface area contributed by atoms with Crippen LogP contribution in [-0.4, -0.2) is 45.1 Å². The molecule has 6 nitrogen and oxygen atoms in total. The highest BCUT2D eigenvalue weighted by atomic mass is 16.3. The van der Waals surface area contributed by atoms with Crippen LogP contribution in [0.3, 0.4) is 0 Å². The standard InChI is InChI=1S/C23H18N4O2/c1-15-21-19(18(13-24)14-25-15)6-7-20(26-21)17-5-3-4-16(12-17)8-9-23(29)10-11-27(2)22(23)28/h3-7,12,14,29H,10-11H2,1-2H3. The van der Waals surface area contributed by atoms with Gasteiger partial charge in [0, 0.05) is 42.7 Å². The molecule has 1 unspecified atom stereocenters. The molecule has 0 radical (unpaired) electrons. The van der Waals surface area contributed by atoms with Gasteiger partial charge in [0.1, 0.15) is 6.07 Å². The Hall–Kier alpha value is -3.74. The number of aromatic nitrogens is 2. The van der Waals surface area contributed by atoms with E-state index in [1.807, 2.05) is 43.3 Å². The van der Waals surface area contributed by atoms with Crippen molar-refractivity contribution in [2.45, 2.75) is 18.9 Å². The quantitative estimate of drug-likeness (QED) is 0.653. The number of amides is 1. The van der Waals surface area contributed by atoms with E-state index in [2.05, 4.69) is 22.9 Å². The van der Waals surface area contributed by atoms with Gasteiger partial charge in [-0.1, -0.05) is 24.0 Å². The monoisotopic (exact) mass is 382 g/mol. The normalized spacial score (nSPS) is 18.4. The highest BCUT2D eigenvalue weighted by Gasteiger charge is 2.42. The molecule has 1 aliphatic heterocycles. The van der Waals surface area contributed by atoms with Crippen LogP contribution in [0.15, 0.2) is 42.6 Å². The van der Waals surface area contributed by atoms with Crippen molar-refractivity contribution in [1.82, 2.24) is 14.9 Å². The molecule has 0 spiro atoms. The minimum atomic E-state index is -1.62. The van der Waals surface area contributed by atoms with E-state index in [1.165, 1.54) is 4.90 Å². The molecule has 6 heteroatoms. The number of likely N-dealkylation sites (tertiary alicyclic amines) is 1. The van der Waals surface area contributed by atoms with Gasteiger partial charge in [-0.2, -0.15) is 5.26 Å². The summed E-state index contributed by atoms with van der Waals surface area (Å²) in [5.41, 5.74) is 2.57. The van der Waals surface area contributed by atoms with E-state index in [0.29, 0.717) is 29.6 Å². The second kappa shape index (κ2) is 7.01. The zero-order valence-corrected chi connectivity index (χ0v) is 16.1. The van der Waals surface area contributed by atoms with Crippen LogP contribution in [0.25, 0.3) is 22.2 Å². The lowest BCUT2D eigenvalue weighted by molar-refractivity contribution is -0.137. The number of aryl methyl sites for hydroxylation is 1. The molecule has 1 atom stereocenters. The van der Waals surface area contributed by atoms with Crippen molar-refractivity contribution >= 4 is 16.8 Å². The van der Waals surface area contributed by atoms with Crippen LogP contribution in [0.1, 0.15) is 23.2 Å². The highest BCUT2D eigenvalue weighted by molar-refractivity contribution is 5.90. The van der Waals surface area contributed by atoms with Crippen LogP contribution in [0.2, 0.25) is 0 Å². The lowest BCUT2D eigenvalue weighted by Gasteiger charge is -2.13. The van der Waals surface area contributed by atoms with Crippen LogP contribution in [0.5, 0.6) is 0 Å². The maximum absolute atomic E-state index is 12.1. The van der Waals surface area contributed by atoms with Crippen molar-refractivity contribution in [3.63, 3.8) is 0 Å². The van der Waals surface area contributed by atoms with Gasteiger partial charge in [0.15, 0.2) is 0 Å². The number of pyridine rings is 2. The second-order valence-corrected chi connectivity index (χ2v) is 7.13. The molecule has 1 aromatic carbocycles. The molecule has 142 valence electrons. The highest BCUT2D eigenvalue weighted by Crippen LogP contribution is 2.25. The van der Waals surface area contributed by atoms with E-state index < -0.39 is 5.60 Å². The molecular weight excluding hydrogens is 364 g/mol. The summed E-state index contributed by atoms with van der Waals surface area (Å²) in [5, 5.41) is 20.5. The van der Waals surface area contributed by atoms with Gasteiger partial charge < -0.3 is 10.0 Å². The van der Waals surface area contributed by atoms with Gasteiger partial charge >= 0.3 is 0 Å². The molecular formula is C23H18N4O2. The van der Waals surface area contributed by atoms with Crippen LogP contribution < -0.4 is 0 Å². The third-order valence-electron chi connectivity index (χ3n) is 5.12. The number of rotatable bonds is 1. The minimum Gasteiger partial charge on any atom is -0.369 e. The third-order valence-corrected chi connectivity index (χ3v) is 5.12. The minimum absolute atomic E-state index is 0.300. The Kier molecular flexibility index (Phi) is 4.50. The zero-order valence-electron chi connectivity index (χ0n) is 16.1. The predicted molar refractivity (Wildman–Crippen MR) is 109 cm³/mol. The largest absolute Gasteiger partial charge is 0.369 e. The lowest BCUT2D eigenvalue weighted by atomic mass is 10.0. The van der Waals surface area contributed by atoms with E-state index in [9.17, 15) is 15.2 Å². The number of fused-ring (bicyclic) bond motifs is 1. The summed E-state index contributed by atoms with van der Waals surface area (Å²) in [6.07, 6.45) is 1.86. The van der Waals surface area contributed by atoms with Gasteiger partial charge in [0.25, 0.3) is 5.91 Å². The molecule has 1 aliphatic rings. The first-order valence-electron chi connectivity index (χ1n) is 9.19. The molecule has 1 fully saturated rings. The van der Waals surface area contributed by atoms with E-state index in [-0.39, 0.29) is 5.91 Å². The van der Waals surface area contributed by atoms with E-state index in [0.717, 1.165) is 22.3 Å². The van der Waals surface area contributed by atoms with Gasteiger partial charge in [-0.05, 0) is 31.2 Å². The Bertz CT molecular complexity index is 1250. The van der Waals surface area contributed by atoms with Crippen molar-refractivity contribution in [3.05, 3.63) is 59.4 Å². The second-order valence-electron chi connectivity index (χ2n) is 7.13. The van der Waals surface area contributed by atoms with Crippen LogP contribution in [-0.2, 0) is 4.79 Å². The molecule has 0 bridgehead atoms. The number of carbonyl (C=O) groups excluding carboxylic acids is 1. The molecule has 0 aliphatic carbocycles. The molecule has 2 aromatic heterocycles. The lowest BCUT2D eigenvalue weighted by Crippen LogP contribution is -2.37. The Morgan fingerprint density at radius 2 is 2.10 bits per heavy atom. The Labute approximate surface area is 168 Å². The van der Waals surface area contributed by atoms with E-state index >= 15 is 0 Å². The van der Waals surface area contributed by atoms with E-state index in [1.54, 1.807) is 13.2 Å². The molecule has 29 heavy (non-hydrogen) atoms. The molecule has 0 saturated carbocycles. The average molecular weight is 382 g/mol. The summed E-state index contributed by atoms with van der Waals surface area (Å²) in [5.74, 6) is 5.29. The maximum Gasteiger partial charge on any atom is 0.267 e. The smallest absolute Gasteiger partial charge is 0.267 e. The van der Waals surface area contributed by atoms with Crippen molar-refractivity contribution in [3.8, 4) is 29.2 Å². The van der Waals surface area contributed by atoms with Crippen LogP contribution >= 0.6 is 0 Å². The molecule has 1 amide bonds. The first kappa shape index (κ1) is 18.6. The topological polar surface area (TPSA) is 90.1 Å². The number of likely N-dealkylation sites (N-methyl/N-ethyl adjacent to an activating group) is 1. The van der Waals surface area contributed by atoms with E-state index in [4.69, 9.17) is 4.98 Å². The van der Waals surface area contributed by atoms with Crippen molar-refractivity contribution in [2.24, 2.45) is 0 Å². The average Bonchev–Trinajstić information content (AvgIpc) is 3.00. The summed E-state index contributed by atoms with van der Waals surface area (Å²) < 4.78 is 0. The fraction of sp³-hybridized carbons (Fsp3) is 0.217. The fourth-order valence-corrected chi connectivity index (χ4v) is 3.40. The number of benzene rings is 1.